The molecule has 2 nitrogen and oxygen atoms in total. The molecular formula is C3H4ClIO2Zn-. The van der Waals surface area contributed by atoms with Crippen LogP contribution in [0.4, 0.5) is 0 Å². The molecule has 0 aliphatic heterocycles. The zero-order chi connectivity index (χ0) is 6.28. The minimum absolute atomic E-state index is 0. The van der Waals surface area contributed by atoms with E-state index in [0.29, 0.717) is 0 Å². The summed E-state index contributed by atoms with van der Waals surface area (Å²) in [6.07, 6.45) is 0. The van der Waals surface area contributed by atoms with Crippen LogP contribution >= 0.6 is 34.2 Å². The molecule has 0 saturated carbocycles. The molecule has 5 heteroatoms. The Morgan fingerprint density at radius 1 is 1.75 bits per heavy atom. The van der Waals surface area contributed by atoms with Gasteiger partial charge in [0.25, 0.3) is 0 Å². The normalized spacial score (nSPS) is 5.38. The monoisotopic (exact) mass is 298 g/mol. The fraction of sp³-hybridized carbons (Fsp3) is 0.333. The van der Waals surface area contributed by atoms with Crippen molar-refractivity contribution in [3.05, 3.63) is 4.93 Å². The number of alkyl halides is 1. The number of halogens is 2. The molecule has 0 atom stereocenters. The van der Waals surface area contributed by atoms with Crippen LogP contribution in [-0.2, 0) is 24.3 Å². The van der Waals surface area contributed by atoms with Gasteiger partial charge in [0.05, 0.1) is 11.8 Å². The van der Waals surface area contributed by atoms with E-state index >= 15 is 0 Å². The molecule has 0 bridgehead atoms. The summed E-state index contributed by atoms with van der Waals surface area (Å²) in [7, 11) is 0. The molecular weight excluding hydrogens is 296 g/mol. The van der Waals surface area contributed by atoms with E-state index in [1.165, 1.54) is 0 Å². The smallest absolute Gasteiger partial charge is 0.0620 e. The Morgan fingerprint density at radius 3 is 1.88 bits per heavy atom. The standard InChI is InChI=1S/C2H3ClO2.CH2I.Zn/c3-1-2(4)5;1-2;/h1H2,(H,4,5);1H2;/p-1. The molecule has 45 valence electrons. The van der Waals surface area contributed by atoms with Crippen LogP contribution < -0.4 is 5.11 Å². The van der Waals surface area contributed by atoms with Crippen molar-refractivity contribution in [3.63, 3.8) is 0 Å². The number of hydrogen-bond donors (Lipinski definition) is 0. The molecule has 0 aliphatic carbocycles. The second-order valence-electron chi connectivity index (χ2n) is 0.506. The number of carbonyl (C=O) groups excluding carboxylic acids is 1. The maximum absolute atomic E-state index is 9.12. The minimum atomic E-state index is -1.23. The molecule has 0 unspecified atom stereocenters. The van der Waals surface area contributed by atoms with Gasteiger partial charge in [0, 0.05) is 24.4 Å². The first-order valence-electron chi connectivity index (χ1n) is 1.30. The van der Waals surface area contributed by atoms with Crippen LogP contribution in [0, 0.1) is 4.93 Å². The SMILES string of the molecule is O=C([O-])CCl.[CH2]I.[Zn]. The first-order valence-corrected chi connectivity index (χ1v) is 3.36. The van der Waals surface area contributed by atoms with Gasteiger partial charge in [0.1, 0.15) is 0 Å². The fourth-order valence-corrected chi connectivity index (χ4v) is 0. The molecule has 0 saturated heterocycles. The molecule has 1 radical (unpaired) electrons. The Morgan fingerprint density at radius 2 is 1.88 bits per heavy atom. The van der Waals surface area contributed by atoms with Crippen LogP contribution in [0.15, 0.2) is 0 Å². The average Bonchev–Trinajstić information content (AvgIpc) is 1.73. The quantitative estimate of drug-likeness (QED) is 0.394. The Kier molecular flexibility index (Phi) is 31.5. The second-order valence-corrected chi connectivity index (χ2v) is 0.773. The van der Waals surface area contributed by atoms with E-state index in [1.807, 2.05) is 22.6 Å². The van der Waals surface area contributed by atoms with Gasteiger partial charge in [0.2, 0.25) is 0 Å². The van der Waals surface area contributed by atoms with E-state index in [4.69, 9.17) is 9.90 Å². The Bertz CT molecular complexity index is 52.5. The van der Waals surface area contributed by atoms with Crippen LogP contribution in [0.5, 0.6) is 0 Å². The fourth-order valence-electron chi connectivity index (χ4n) is 0. The molecule has 0 aliphatic rings. The topological polar surface area (TPSA) is 40.1 Å². The van der Waals surface area contributed by atoms with E-state index in [2.05, 4.69) is 16.5 Å². The molecule has 0 aromatic heterocycles. The number of carboxylic acid groups (broad SMARTS) is 1. The predicted molar refractivity (Wildman–Crippen MR) is 35.1 cm³/mol. The van der Waals surface area contributed by atoms with Crippen molar-refractivity contribution < 1.29 is 29.4 Å². The van der Waals surface area contributed by atoms with Gasteiger partial charge in [0.15, 0.2) is 0 Å². The Hall–Kier alpha value is 1.11. The molecule has 0 fully saturated rings. The van der Waals surface area contributed by atoms with Gasteiger partial charge in [-0.25, -0.2) is 0 Å². The summed E-state index contributed by atoms with van der Waals surface area (Å²) in [6.45, 7) is 0. The number of hydrogen-bond acceptors (Lipinski definition) is 2. The summed E-state index contributed by atoms with van der Waals surface area (Å²) in [5.74, 6) is -1.65. The van der Waals surface area contributed by atoms with E-state index in [0.717, 1.165) is 0 Å². The van der Waals surface area contributed by atoms with Gasteiger partial charge >= 0.3 is 0 Å². The average molecular weight is 300 g/mol. The molecule has 0 rings (SSSR count). The van der Waals surface area contributed by atoms with Crippen molar-refractivity contribution in [1.29, 1.82) is 0 Å². The third-order valence-electron chi connectivity index (χ3n) is 0.109. The van der Waals surface area contributed by atoms with Crippen molar-refractivity contribution in [3.8, 4) is 0 Å². The summed E-state index contributed by atoms with van der Waals surface area (Å²) < 4.78 is 0. The van der Waals surface area contributed by atoms with Crippen LogP contribution in [0.1, 0.15) is 0 Å². The van der Waals surface area contributed by atoms with Gasteiger partial charge in [-0.05, 0) is 0 Å². The molecule has 0 N–H and O–H groups in total. The molecule has 0 aromatic carbocycles. The van der Waals surface area contributed by atoms with Crippen LogP contribution in [0.2, 0.25) is 0 Å². The summed E-state index contributed by atoms with van der Waals surface area (Å²) in [5.41, 5.74) is 0. The minimum Gasteiger partial charge on any atom is -0.549 e. The summed E-state index contributed by atoms with van der Waals surface area (Å²) in [5, 5.41) is 9.12. The maximum Gasteiger partial charge on any atom is 0.0620 e. The molecule has 0 aromatic rings. The molecule has 0 amide bonds. The zero-order valence-electron chi connectivity index (χ0n) is 4.19. The largest absolute Gasteiger partial charge is 0.549 e. The van der Waals surface area contributed by atoms with Gasteiger partial charge in [-0.15, -0.1) is 11.6 Å². The van der Waals surface area contributed by atoms with Crippen LogP contribution in [0.25, 0.3) is 0 Å². The number of aliphatic carboxylic acids is 1. The van der Waals surface area contributed by atoms with Crippen molar-refractivity contribution >= 4 is 40.2 Å². The van der Waals surface area contributed by atoms with Crippen LogP contribution in [0.3, 0.4) is 0 Å². The Balaban J connectivity index is -0.0000000750. The third kappa shape index (κ3) is 27.4. The maximum atomic E-state index is 9.12. The van der Waals surface area contributed by atoms with Crippen LogP contribution in [-0.4, -0.2) is 11.8 Å². The predicted octanol–water partition coefficient (Wildman–Crippen LogP) is 0.186. The van der Waals surface area contributed by atoms with Crippen molar-refractivity contribution in [1.82, 2.24) is 0 Å². The van der Waals surface area contributed by atoms with Crippen molar-refractivity contribution in [2.24, 2.45) is 0 Å². The van der Waals surface area contributed by atoms with Crippen molar-refractivity contribution in [2.45, 2.75) is 0 Å². The molecule has 8 heavy (non-hydrogen) atoms. The van der Waals surface area contributed by atoms with Gasteiger partial charge < -0.3 is 9.90 Å². The second kappa shape index (κ2) is 15.7. The van der Waals surface area contributed by atoms with E-state index in [1.54, 1.807) is 0 Å². The summed E-state index contributed by atoms with van der Waals surface area (Å²) in [4.78, 5) is 12.3. The first-order chi connectivity index (χ1) is 3.27. The first kappa shape index (κ1) is 16.1. The van der Waals surface area contributed by atoms with Crippen molar-refractivity contribution in [2.75, 3.05) is 5.88 Å². The number of carbonyl (C=O) groups is 1. The number of carboxylic acids is 1. The molecule has 0 heterocycles. The Labute approximate surface area is 79.9 Å². The van der Waals surface area contributed by atoms with E-state index < -0.39 is 11.8 Å². The molecule has 0 spiro atoms. The third-order valence-corrected chi connectivity index (χ3v) is 0.327. The van der Waals surface area contributed by atoms with Gasteiger partial charge in [-0.3, -0.25) is 0 Å². The summed E-state index contributed by atoms with van der Waals surface area (Å²) >= 11 is 6.57. The zero-order valence-corrected chi connectivity index (χ0v) is 10.1. The van der Waals surface area contributed by atoms with E-state index in [-0.39, 0.29) is 19.5 Å². The van der Waals surface area contributed by atoms with Gasteiger partial charge in [-0.2, -0.15) is 0 Å². The summed E-state index contributed by atoms with van der Waals surface area (Å²) in [6, 6.07) is 0. The van der Waals surface area contributed by atoms with Gasteiger partial charge in [-0.1, -0.05) is 22.6 Å². The number of rotatable bonds is 1. The van der Waals surface area contributed by atoms with E-state index in [9.17, 15) is 0 Å².